The predicted molar refractivity (Wildman–Crippen MR) is 76.7 cm³/mol. The Balaban J connectivity index is 2.31. The summed E-state index contributed by atoms with van der Waals surface area (Å²) in [5.41, 5.74) is 9.08. The van der Waals surface area contributed by atoms with Crippen molar-refractivity contribution in [2.45, 2.75) is 65.2 Å². The van der Waals surface area contributed by atoms with Gasteiger partial charge in [-0.15, -0.1) is 6.58 Å². The highest BCUT2D eigenvalue weighted by Crippen LogP contribution is 2.34. The Kier molecular flexibility index (Phi) is 6.39. The van der Waals surface area contributed by atoms with Gasteiger partial charge in [0.05, 0.1) is 0 Å². The van der Waals surface area contributed by atoms with Gasteiger partial charge in [-0.05, 0) is 55.9 Å². The van der Waals surface area contributed by atoms with Crippen LogP contribution < -0.4 is 5.73 Å². The molecule has 0 aliphatic heterocycles. The van der Waals surface area contributed by atoms with Gasteiger partial charge in [-0.25, -0.2) is 0 Å². The van der Waals surface area contributed by atoms with Gasteiger partial charge in [0.2, 0.25) is 0 Å². The van der Waals surface area contributed by atoms with E-state index in [0.717, 1.165) is 12.3 Å². The monoisotopic (exact) mass is 235 g/mol. The topological polar surface area (TPSA) is 26.0 Å². The first-order valence-corrected chi connectivity index (χ1v) is 7.26. The summed E-state index contributed by atoms with van der Waals surface area (Å²) in [5.74, 6) is 1.31. The van der Waals surface area contributed by atoms with Crippen molar-refractivity contribution in [2.24, 2.45) is 17.6 Å². The minimum atomic E-state index is 0.578. The van der Waals surface area contributed by atoms with E-state index in [1.54, 1.807) is 5.57 Å². The number of allylic oxidation sites excluding steroid dienone is 3. The zero-order chi connectivity index (χ0) is 12.7. The smallest absolute Gasteiger partial charge is 0.0104 e. The molecule has 1 rings (SSSR count). The summed E-state index contributed by atoms with van der Waals surface area (Å²) in [5, 5.41) is 0. The Morgan fingerprint density at radius 1 is 1.47 bits per heavy atom. The van der Waals surface area contributed by atoms with Crippen LogP contribution in [0.2, 0.25) is 0 Å². The molecule has 0 aromatic carbocycles. The van der Waals surface area contributed by atoms with Crippen LogP contribution in [0.3, 0.4) is 0 Å². The molecular formula is C16H29N. The molecule has 0 radical (unpaired) electrons. The van der Waals surface area contributed by atoms with E-state index in [-0.39, 0.29) is 0 Å². The molecule has 0 spiro atoms. The molecule has 0 amide bonds. The van der Waals surface area contributed by atoms with Crippen molar-refractivity contribution in [2.75, 3.05) is 0 Å². The van der Waals surface area contributed by atoms with Gasteiger partial charge in [0.15, 0.2) is 0 Å². The zero-order valence-corrected chi connectivity index (χ0v) is 11.7. The van der Waals surface area contributed by atoms with Crippen molar-refractivity contribution in [3.63, 3.8) is 0 Å². The summed E-state index contributed by atoms with van der Waals surface area (Å²) >= 11 is 0. The minimum Gasteiger partial charge on any atom is -0.402 e. The summed E-state index contributed by atoms with van der Waals surface area (Å²) in [4.78, 5) is 0. The Hall–Kier alpha value is -0.720. The highest BCUT2D eigenvalue weighted by atomic mass is 14.6. The van der Waals surface area contributed by atoms with Crippen molar-refractivity contribution in [3.8, 4) is 0 Å². The molecule has 17 heavy (non-hydrogen) atoms. The predicted octanol–water partition coefficient (Wildman–Crippen LogP) is 4.79. The average molecular weight is 235 g/mol. The fraction of sp³-hybridized carbons (Fsp3) is 0.750. The van der Waals surface area contributed by atoms with Crippen LogP contribution in [0.25, 0.3) is 0 Å². The average Bonchev–Trinajstić information content (AvgIpc) is 2.74. The molecule has 0 aromatic heterocycles. The van der Waals surface area contributed by atoms with Crippen LogP contribution in [0.5, 0.6) is 0 Å². The van der Waals surface area contributed by atoms with Gasteiger partial charge in [0, 0.05) is 5.70 Å². The quantitative estimate of drug-likeness (QED) is 0.498. The minimum absolute atomic E-state index is 0.578. The zero-order valence-electron chi connectivity index (χ0n) is 11.7. The highest BCUT2D eigenvalue weighted by molar-refractivity contribution is 5.18. The number of unbranched alkanes of at least 4 members (excludes halogenated alkanes) is 3. The molecule has 0 bridgehead atoms. The standard InChI is InChI=1S/C16H29N/c1-4-5-6-7-8-10-14(3)16(17)15-12-9-11-13(15)2/h4,13-14H,1,5-12,17H2,2-3H3/b16-15+. The molecule has 0 aromatic rings. The van der Waals surface area contributed by atoms with Crippen LogP contribution in [0.4, 0.5) is 0 Å². The number of hydrogen-bond donors (Lipinski definition) is 1. The first kappa shape index (κ1) is 14.3. The molecule has 2 unspecified atom stereocenters. The summed E-state index contributed by atoms with van der Waals surface area (Å²) in [6, 6.07) is 0. The lowest BCUT2D eigenvalue weighted by molar-refractivity contribution is 0.533. The molecule has 1 aliphatic rings. The molecule has 1 fully saturated rings. The van der Waals surface area contributed by atoms with Crippen molar-refractivity contribution in [3.05, 3.63) is 23.9 Å². The van der Waals surface area contributed by atoms with Gasteiger partial charge in [-0.2, -0.15) is 0 Å². The SMILES string of the molecule is C=CCCCCCC(C)/C(N)=C1/CCCC1C. The van der Waals surface area contributed by atoms with Gasteiger partial charge < -0.3 is 5.73 Å². The lowest BCUT2D eigenvalue weighted by Crippen LogP contribution is -2.13. The van der Waals surface area contributed by atoms with Crippen molar-refractivity contribution >= 4 is 0 Å². The van der Waals surface area contributed by atoms with E-state index in [2.05, 4.69) is 20.4 Å². The lowest BCUT2D eigenvalue weighted by atomic mass is 9.92. The van der Waals surface area contributed by atoms with E-state index in [1.165, 1.54) is 50.6 Å². The molecule has 1 aliphatic carbocycles. The molecule has 1 nitrogen and oxygen atoms in total. The summed E-state index contributed by atoms with van der Waals surface area (Å²) in [6.07, 6.45) is 12.2. The number of hydrogen-bond acceptors (Lipinski definition) is 1. The van der Waals surface area contributed by atoms with Crippen molar-refractivity contribution in [1.29, 1.82) is 0 Å². The third-order valence-electron chi connectivity index (χ3n) is 4.13. The van der Waals surface area contributed by atoms with Gasteiger partial charge in [0.1, 0.15) is 0 Å². The third-order valence-corrected chi connectivity index (χ3v) is 4.13. The van der Waals surface area contributed by atoms with Crippen LogP contribution in [-0.2, 0) is 0 Å². The molecule has 1 heteroatoms. The van der Waals surface area contributed by atoms with Gasteiger partial charge in [-0.1, -0.05) is 32.8 Å². The van der Waals surface area contributed by atoms with Gasteiger partial charge in [0.25, 0.3) is 0 Å². The summed E-state index contributed by atoms with van der Waals surface area (Å²) < 4.78 is 0. The van der Waals surface area contributed by atoms with Crippen LogP contribution in [0.15, 0.2) is 23.9 Å². The fourth-order valence-electron chi connectivity index (χ4n) is 2.84. The van der Waals surface area contributed by atoms with E-state index in [0.29, 0.717) is 5.92 Å². The van der Waals surface area contributed by atoms with E-state index in [9.17, 15) is 0 Å². The lowest BCUT2D eigenvalue weighted by Gasteiger charge is -2.17. The van der Waals surface area contributed by atoms with Crippen molar-refractivity contribution < 1.29 is 0 Å². The van der Waals surface area contributed by atoms with Gasteiger partial charge >= 0.3 is 0 Å². The molecule has 1 saturated carbocycles. The van der Waals surface area contributed by atoms with E-state index in [1.807, 2.05) is 6.08 Å². The normalized spacial score (nSPS) is 24.7. The molecule has 2 N–H and O–H groups in total. The van der Waals surface area contributed by atoms with Gasteiger partial charge in [-0.3, -0.25) is 0 Å². The first-order chi connectivity index (χ1) is 8.16. The molecule has 0 saturated heterocycles. The second-order valence-corrected chi connectivity index (χ2v) is 5.60. The van der Waals surface area contributed by atoms with Crippen molar-refractivity contribution in [1.82, 2.24) is 0 Å². The van der Waals surface area contributed by atoms with E-state index < -0.39 is 0 Å². The number of nitrogens with two attached hydrogens (primary N) is 1. The van der Waals surface area contributed by atoms with Crippen LogP contribution in [0, 0.1) is 11.8 Å². The third kappa shape index (κ3) is 4.57. The van der Waals surface area contributed by atoms with Crippen LogP contribution >= 0.6 is 0 Å². The molecule has 0 heterocycles. The van der Waals surface area contributed by atoms with E-state index >= 15 is 0 Å². The number of rotatable bonds is 7. The molecule has 98 valence electrons. The van der Waals surface area contributed by atoms with E-state index in [4.69, 9.17) is 5.73 Å². The fourth-order valence-corrected chi connectivity index (χ4v) is 2.84. The second-order valence-electron chi connectivity index (χ2n) is 5.60. The summed E-state index contributed by atoms with van der Waals surface area (Å²) in [6.45, 7) is 8.37. The maximum Gasteiger partial charge on any atom is 0.0104 e. The maximum absolute atomic E-state index is 6.32. The maximum atomic E-state index is 6.32. The molecular weight excluding hydrogens is 206 g/mol. The highest BCUT2D eigenvalue weighted by Gasteiger charge is 2.21. The Bertz CT molecular complexity index is 265. The Labute approximate surface area is 107 Å². The largest absolute Gasteiger partial charge is 0.402 e. The molecule has 2 atom stereocenters. The first-order valence-electron chi connectivity index (χ1n) is 7.26. The second kappa shape index (κ2) is 7.58. The van der Waals surface area contributed by atoms with Crippen LogP contribution in [0.1, 0.15) is 65.2 Å². The summed E-state index contributed by atoms with van der Waals surface area (Å²) in [7, 11) is 0. The van der Waals surface area contributed by atoms with Crippen LogP contribution in [-0.4, -0.2) is 0 Å². The Morgan fingerprint density at radius 3 is 2.82 bits per heavy atom. The Morgan fingerprint density at radius 2 is 2.24 bits per heavy atom.